The Morgan fingerprint density at radius 1 is 1.29 bits per heavy atom. The number of rotatable bonds is 2. The average molecular weight is 297 g/mol. The number of carboxylic acid groups (broad SMARTS) is 1. The van der Waals surface area contributed by atoms with Gasteiger partial charge < -0.3 is 5.11 Å². The van der Waals surface area contributed by atoms with Gasteiger partial charge in [0.2, 0.25) is 0 Å². The number of hydrogen-bond donors (Lipinski definition) is 1. The van der Waals surface area contributed by atoms with E-state index in [4.69, 9.17) is 0 Å². The first-order valence-corrected chi connectivity index (χ1v) is 6.77. The first kappa shape index (κ1) is 12.6. The third kappa shape index (κ3) is 2.01. The molecule has 0 aromatic heterocycles. The predicted octanol–water partition coefficient (Wildman–Crippen LogP) is 3.96. The highest BCUT2D eigenvalue weighted by Gasteiger charge is 2.44. The van der Waals surface area contributed by atoms with Gasteiger partial charge in [-0.05, 0) is 49.4 Å². The highest BCUT2D eigenvalue weighted by atomic mass is 79.9. The molecule has 0 unspecified atom stereocenters. The molecule has 0 amide bonds. The first-order valence-electron chi connectivity index (χ1n) is 5.98. The Morgan fingerprint density at radius 3 is 2.41 bits per heavy atom. The van der Waals surface area contributed by atoms with E-state index in [2.05, 4.69) is 15.9 Å². The highest BCUT2D eigenvalue weighted by molar-refractivity contribution is 9.10. The minimum absolute atomic E-state index is 0.654. The molecule has 0 atom stereocenters. The lowest BCUT2D eigenvalue weighted by Crippen LogP contribution is -2.33. The molecule has 2 nitrogen and oxygen atoms in total. The van der Waals surface area contributed by atoms with Gasteiger partial charge in [-0.2, -0.15) is 0 Å². The Labute approximate surface area is 110 Å². The van der Waals surface area contributed by atoms with Crippen molar-refractivity contribution in [3.8, 4) is 0 Å². The van der Waals surface area contributed by atoms with Gasteiger partial charge >= 0.3 is 5.97 Å². The molecule has 92 valence electrons. The van der Waals surface area contributed by atoms with E-state index in [1.54, 1.807) is 0 Å². The van der Waals surface area contributed by atoms with E-state index in [0.717, 1.165) is 46.8 Å². The van der Waals surface area contributed by atoms with E-state index in [9.17, 15) is 9.90 Å². The summed E-state index contributed by atoms with van der Waals surface area (Å²) in [6.45, 7) is 4.01. The molecule has 3 heteroatoms. The number of benzene rings is 1. The van der Waals surface area contributed by atoms with Gasteiger partial charge in [0.15, 0.2) is 0 Å². The quantitative estimate of drug-likeness (QED) is 0.897. The normalized spacial score (nSPS) is 18.3. The Bertz CT molecular complexity index is 460. The molecule has 1 aliphatic rings. The number of aliphatic carboxylic acids is 1. The lowest BCUT2D eigenvalue weighted by Gasteiger charge is -2.27. The van der Waals surface area contributed by atoms with Crippen LogP contribution in [-0.4, -0.2) is 11.1 Å². The fraction of sp³-hybridized carbons (Fsp3) is 0.500. The molecule has 2 rings (SSSR count). The van der Waals surface area contributed by atoms with Gasteiger partial charge in [0.25, 0.3) is 0 Å². The maximum atomic E-state index is 11.7. The van der Waals surface area contributed by atoms with Gasteiger partial charge in [0.05, 0.1) is 5.41 Å². The lowest BCUT2D eigenvalue weighted by molar-refractivity contribution is -0.143. The summed E-state index contributed by atoms with van der Waals surface area (Å²) >= 11 is 3.52. The molecule has 0 spiro atoms. The molecular formula is C14H17BrO2. The van der Waals surface area contributed by atoms with Gasteiger partial charge in [0, 0.05) is 4.47 Å². The lowest BCUT2D eigenvalue weighted by atomic mass is 9.76. The molecule has 1 saturated carbocycles. The van der Waals surface area contributed by atoms with Crippen LogP contribution in [0.2, 0.25) is 0 Å². The Hall–Kier alpha value is -0.830. The number of carboxylic acids is 1. The molecule has 0 saturated heterocycles. The van der Waals surface area contributed by atoms with Gasteiger partial charge in [0.1, 0.15) is 0 Å². The zero-order valence-corrected chi connectivity index (χ0v) is 11.8. The molecule has 1 aliphatic carbocycles. The van der Waals surface area contributed by atoms with E-state index in [1.807, 2.05) is 26.0 Å². The van der Waals surface area contributed by atoms with Crippen molar-refractivity contribution in [2.24, 2.45) is 0 Å². The van der Waals surface area contributed by atoms with Crippen LogP contribution in [-0.2, 0) is 10.2 Å². The van der Waals surface area contributed by atoms with Crippen LogP contribution in [0.5, 0.6) is 0 Å². The monoisotopic (exact) mass is 296 g/mol. The summed E-state index contributed by atoms with van der Waals surface area (Å²) in [5, 5.41) is 9.61. The van der Waals surface area contributed by atoms with Crippen LogP contribution in [0, 0.1) is 13.8 Å². The number of carbonyl (C=O) groups is 1. The zero-order chi connectivity index (χ0) is 12.6. The summed E-state index contributed by atoms with van der Waals surface area (Å²) in [5.41, 5.74) is 2.53. The van der Waals surface area contributed by atoms with Crippen LogP contribution in [0.3, 0.4) is 0 Å². The number of halogens is 1. The van der Waals surface area contributed by atoms with Crippen LogP contribution in [0.4, 0.5) is 0 Å². The van der Waals surface area contributed by atoms with Gasteiger partial charge in [-0.1, -0.05) is 34.8 Å². The minimum atomic E-state index is -0.671. The summed E-state index contributed by atoms with van der Waals surface area (Å²) < 4.78 is 1.01. The Balaban J connectivity index is 2.62. The largest absolute Gasteiger partial charge is 0.481 e. The Morgan fingerprint density at radius 2 is 1.88 bits per heavy atom. The van der Waals surface area contributed by atoms with E-state index < -0.39 is 11.4 Å². The number of hydrogen-bond acceptors (Lipinski definition) is 1. The van der Waals surface area contributed by atoms with Crippen LogP contribution in [0.1, 0.15) is 42.4 Å². The van der Waals surface area contributed by atoms with Crippen LogP contribution in [0.15, 0.2) is 16.6 Å². The van der Waals surface area contributed by atoms with E-state index >= 15 is 0 Å². The zero-order valence-electron chi connectivity index (χ0n) is 10.2. The number of aryl methyl sites for hydroxylation is 1. The second kappa shape index (κ2) is 4.45. The standard InChI is InChI=1S/C14H17BrO2/c1-9-7-11(10(2)12(15)8-9)14(13(16)17)5-3-4-6-14/h7-8H,3-6H2,1-2H3,(H,16,17). The van der Waals surface area contributed by atoms with E-state index in [-0.39, 0.29) is 0 Å². The summed E-state index contributed by atoms with van der Waals surface area (Å²) in [5.74, 6) is -0.671. The molecule has 1 fully saturated rings. The van der Waals surface area contributed by atoms with Crippen molar-refractivity contribution >= 4 is 21.9 Å². The summed E-state index contributed by atoms with van der Waals surface area (Å²) in [6, 6.07) is 4.09. The average Bonchev–Trinajstić information content (AvgIpc) is 2.73. The minimum Gasteiger partial charge on any atom is -0.481 e. The maximum Gasteiger partial charge on any atom is 0.314 e. The predicted molar refractivity (Wildman–Crippen MR) is 71.4 cm³/mol. The SMILES string of the molecule is Cc1cc(Br)c(C)c(C2(C(=O)O)CCCC2)c1. The fourth-order valence-electron chi connectivity index (χ4n) is 2.89. The van der Waals surface area contributed by atoms with Gasteiger partial charge in [-0.15, -0.1) is 0 Å². The van der Waals surface area contributed by atoms with E-state index in [0.29, 0.717) is 0 Å². The molecule has 0 radical (unpaired) electrons. The topological polar surface area (TPSA) is 37.3 Å². The third-order valence-electron chi connectivity index (χ3n) is 3.87. The Kier molecular flexibility index (Phi) is 3.30. The molecule has 17 heavy (non-hydrogen) atoms. The smallest absolute Gasteiger partial charge is 0.314 e. The van der Waals surface area contributed by atoms with Crippen LogP contribution >= 0.6 is 15.9 Å². The summed E-state index contributed by atoms with van der Waals surface area (Å²) in [4.78, 5) is 11.7. The van der Waals surface area contributed by atoms with Crippen molar-refractivity contribution in [3.05, 3.63) is 33.3 Å². The second-order valence-electron chi connectivity index (χ2n) is 5.01. The van der Waals surface area contributed by atoms with Crippen molar-refractivity contribution in [2.45, 2.75) is 44.9 Å². The summed E-state index contributed by atoms with van der Waals surface area (Å²) in [7, 11) is 0. The van der Waals surface area contributed by atoms with Crippen molar-refractivity contribution in [1.29, 1.82) is 0 Å². The molecular weight excluding hydrogens is 280 g/mol. The third-order valence-corrected chi connectivity index (χ3v) is 4.69. The fourth-order valence-corrected chi connectivity index (χ4v) is 3.46. The maximum absolute atomic E-state index is 11.7. The molecule has 0 bridgehead atoms. The van der Waals surface area contributed by atoms with Crippen molar-refractivity contribution in [2.75, 3.05) is 0 Å². The molecule has 1 aromatic carbocycles. The van der Waals surface area contributed by atoms with Crippen molar-refractivity contribution in [1.82, 2.24) is 0 Å². The van der Waals surface area contributed by atoms with Crippen LogP contribution in [0.25, 0.3) is 0 Å². The second-order valence-corrected chi connectivity index (χ2v) is 5.87. The summed E-state index contributed by atoms with van der Waals surface area (Å²) in [6.07, 6.45) is 3.55. The van der Waals surface area contributed by atoms with Crippen LogP contribution < -0.4 is 0 Å². The molecule has 1 N–H and O–H groups in total. The first-order chi connectivity index (χ1) is 7.97. The van der Waals surface area contributed by atoms with Crippen molar-refractivity contribution < 1.29 is 9.90 Å². The molecule has 1 aromatic rings. The molecule has 0 aliphatic heterocycles. The van der Waals surface area contributed by atoms with E-state index in [1.165, 1.54) is 0 Å². The van der Waals surface area contributed by atoms with Gasteiger partial charge in [-0.3, -0.25) is 4.79 Å². The van der Waals surface area contributed by atoms with Gasteiger partial charge in [-0.25, -0.2) is 0 Å². The molecule has 0 heterocycles. The highest BCUT2D eigenvalue weighted by Crippen LogP contribution is 2.44. The van der Waals surface area contributed by atoms with Crippen molar-refractivity contribution in [3.63, 3.8) is 0 Å².